The molecule has 0 unspecified atom stereocenters. The van der Waals surface area contributed by atoms with Gasteiger partial charge in [-0.15, -0.1) is 0 Å². The van der Waals surface area contributed by atoms with E-state index >= 15 is 0 Å². The molecule has 1 aromatic rings. The summed E-state index contributed by atoms with van der Waals surface area (Å²) >= 11 is 0. The van der Waals surface area contributed by atoms with Crippen molar-refractivity contribution in [2.24, 2.45) is 5.92 Å². The summed E-state index contributed by atoms with van der Waals surface area (Å²) < 4.78 is 0. The van der Waals surface area contributed by atoms with Crippen molar-refractivity contribution in [3.8, 4) is 6.07 Å². The summed E-state index contributed by atoms with van der Waals surface area (Å²) in [5.41, 5.74) is 0.946. The van der Waals surface area contributed by atoms with Crippen LogP contribution in [0.25, 0.3) is 0 Å². The molecule has 0 spiro atoms. The van der Waals surface area contributed by atoms with Gasteiger partial charge in [0.2, 0.25) is 5.91 Å². The molecular weight excluding hydrogens is 272 g/mol. The first-order valence-electron chi connectivity index (χ1n) is 6.69. The van der Waals surface area contributed by atoms with E-state index in [9.17, 15) is 20.2 Å². The lowest BCUT2D eigenvalue weighted by atomic mass is 10.1. The lowest BCUT2D eigenvalue weighted by Crippen LogP contribution is -2.29. The number of nitro benzene ring substituents is 1. The minimum absolute atomic E-state index is 0.0542. The predicted molar refractivity (Wildman–Crippen MR) is 76.8 cm³/mol. The van der Waals surface area contributed by atoms with Gasteiger partial charge in [0.25, 0.3) is 5.69 Å². The molecule has 21 heavy (non-hydrogen) atoms. The first-order valence-corrected chi connectivity index (χ1v) is 6.69. The standard InChI is InChI=1S/C14H16N4O3/c1-10(19)16-8-11-4-5-17(9-11)14-3-2-13(18(20)21)6-12(14)7-15/h2-3,6,11H,4-5,8-9H2,1H3,(H,16,19)/t11-/m0/s1. The average molecular weight is 288 g/mol. The Morgan fingerprint density at radius 1 is 1.62 bits per heavy atom. The van der Waals surface area contributed by atoms with Crippen LogP contribution in [0.2, 0.25) is 0 Å². The van der Waals surface area contributed by atoms with E-state index in [1.54, 1.807) is 6.07 Å². The number of nitrogens with zero attached hydrogens (tertiary/aromatic N) is 3. The van der Waals surface area contributed by atoms with Gasteiger partial charge in [-0.2, -0.15) is 5.26 Å². The van der Waals surface area contributed by atoms with Crippen LogP contribution in [0.3, 0.4) is 0 Å². The van der Waals surface area contributed by atoms with E-state index in [0.29, 0.717) is 23.7 Å². The van der Waals surface area contributed by atoms with Crippen LogP contribution in [0.5, 0.6) is 0 Å². The number of carbonyl (C=O) groups excluding carboxylic acids is 1. The zero-order chi connectivity index (χ0) is 15.4. The monoisotopic (exact) mass is 288 g/mol. The Bertz CT molecular complexity index is 609. The van der Waals surface area contributed by atoms with Crippen molar-refractivity contribution in [1.82, 2.24) is 5.32 Å². The van der Waals surface area contributed by atoms with Crippen molar-refractivity contribution in [2.75, 3.05) is 24.5 Å². The second kappa shape index (κ2) is 6.22. The molecule has 1 heterocycles. The second-order valence-electron chi connectivity index (χ2n) is 5.11. The largest absolute Gasteiger partial charge is 0.370 e. The molecule has 1 aliphatic heterocycles. The summed E-state index contributed by atoms with van der Waals surface area (Å²) in [5.74, 6) is 0.275. The van der Waals surface area contributed by atoms with Crippen LogP contribution < -0.4 is 10.2 Å². The maximum Gasteiger partial charge on any atom is 0.270 e. The lowest BCUT2D eigenvalue weighted by Gasteiger charge is -2.20. The number of rotatable bonds is 4. The summed E-state index contributed by atoms with van der Waals surface area (Å²) in [6.07, 6.45) is 0.919. The molecule has 7 nitrogen and oxygen atoms in total. The van der Waals surface area contributed by atoms with Crippen molar-refractivity contribution in [3.05, 3.63) is 33.9 Å². The zero-order valence-corrected chi connectivity index (χ0v) is 11.7. The predicted octanol–water partition coefficient (Wildman–Crippen LogP) is 1.43. The number of anilines is 1. The van der Waals surface area contributed by atoms with Gasteiger partial charge in [-0.25, -0.2) is 0 Å². The van der Waals surface area contributed by atoms with E-state index in [2.05, 4.69) is 5.32 Å². The molecule has 110 valence electrons. The van der Waals surface area contributed by atoms with E-state index < -0.39 is 4.92 Å². The molecule has 0 bridgehead atoms. The fourth-order valence-electron chi connectivity index (χ4n) is 2.51. The number of carbonyl (C=O) groups is 1. The van der Waals surface area contributed by atoms with Crippen LogP contribution in [0.1, 0.15) is 18.9 Å². The van der Waals surface area contributed by atoms with Crippen molar-refractivity contribution in [3.63, 3.8) is 0 Å². The molecule has 0 radical (unpaired) electrons. The van der Waals surface area contributed by atoms with Gasteiger partial charge in [0.05, 0.1) is 16.2 Å². The van der Waals surface area contributed by atoms with Crippen LogP contribution in [0.4, 0.5) is 11.4 Å². The number of nitrogens with one attached hydrogen (secondary N) is 1. The van der Waals surface area contributed by atoms with E-state index in [1.165, 1.54) is 19.1 Å². The molecule has 1 fully saturated rings. The number of nitriles is 1. The molecule has 1 saturated heterocycles. The van der Waals surface area contributed by atoms with Gasteiger partial charge in [0.15, 0.2) is 0 Å². The Kier molecular flexibility index (Phi) is 4.38. The Morgan fingerprint density at radius 3 is 3.00 bits per heavy atom. The Balaban J connectivity index is 2.11. The normalized spacial score (nSPS) is 17.3. The molecule has 0 aliphatic carbocycles. The van der Waals surface area contributed by atoms with Gasteiger partial charge in [-0.05, 0) is 18.4 Å². The third kappa shape index (κ3) is 3.48. The average Bonchev–Trinajstić information content (AvgIpc) is 2.93. The van der Waals surface area contributed by atoms with E-state index in [4.69, 9.17) is 0 Å². The highest BCUT2D eigenvalue weighted by Gasteiger charge is 2.25. The molecular formula is C14H16N4O3. The summed E-state index contributed by atoms with van der Waals surface area (Å²) in [6, 6.07) is 6.36. The zero-order valence-electron chi connectivity index (χ0n) is 11.7. The van der Waals surface area contributed by atoms with Gasteiger partial charge in [0.1, 0.15) is 6.07 Å². The quantitative estimate of drug-likeness (QED) is 0.667. The number of non-ortho nitro benzene ring substituents is 1. The molecule has 1 N–H and O–H groups in total. The molecule has 1 atom stereocenters. The van der Waals surface area contributed by atoms with Crippen LogP contribution in [-0.4, -0.2) is 30.5 Å². The van der Waals surface area contributed by atoms with Crippen LogP contribution in [0.15, 0.2) is 18.2 Å². The third-order valence-electron chi connectivity index (χ3n) is 3.58. The third-order valence-corrected chi connectivity index (χ3v) is 3.58. The van der Waals surface area contributed by atoms with Gasteiger partial charge in [0, 0.05) is 38.7 Å². The van der Waals surface area contributed by atoms with E-state index in [1.807, 2.05) is 11.0 Å². The van der Waals surface area contributed by atoms with Crippen molar-refractivity contribution in [1.29, 1.82) is 5.26 Å². The van der Waals surface area contributed by atoms with Crippen LogP contribution in [-0.2, 0) is 4.79 Å². The minimum atomic E-state index is -0.506. The fourth-order valence-corrected chi connectivity index (χ4v) is 2.51. The first-order chi connectivity index (χ1) is 10.0. The summed E-state index contributed by atoms with van der Waals surface area (Å²) in [4.78, 5) is 23.2. The van der Waals surface area contributed by atoms with E-state index in [-0.39, 0.29) is 11.6 Å². The minimum Gasteiger partial charge on any atom is -0.370 e. The number of hydrogen-bond donors (Lipinski definition) is 1. The number of nitro groups is 1. The van der Waals surface area contributed by atoms with Crippen molar-refractivity contribution in [2.45, 2.75) is 13.3 Å². The molecule has 0 saturated carbocycles. The van der Waals surface area contributed by atoms with Crippen molar-refractivity contribution < 1.29 is 9.72 Å². The number of amides is 1. The second-order valence-corrected chi connectivity index (χ2v) is 5.11. The van der Waals surface area contributed by atoms with Gasteiger partial charge >= 0.3 is 0 Å². The lowest BCUT2D eigenvalue weighted by molar-refractivity contribution is -0.384. The summed E-state index contributed by atoms with van der Waals surface area (Å²) in [6.45, 7) is 3.60. The maximum atomic E-state index is 10.9. The maximum absolute atomic E-state index is 10.9. The highest BCUT2D eigenvalue weighted by Crippen LogP contribution is 2.29. The topological polar surface area (TPSA) is 99.3 Å². The van der Waals surface area contributed by atoms with E-state index in [0.717, 1.165) is 19.5 Å². The molecule has 7 heteroatoms. The fraction of sp³-hybridized carbons (Fsp3) is 0.429. The molecule has 2 rings (SSSR count). The number of benzene rings is 1. The van der Waals surface area contributed by atoms with Gasteiger partial charge in [-0.1, -0.05) is 0 Å². The highest BCUT2D eigenvalue weighted by atomic mass is 16.6. The summed E-state index contributed by atoms with van der Waals surface area (Å²) in [5, 5.41) is 22.7. The Morgan fingerprint density at radius 2 is 2.38 bits per heavy atom. The Hall–Kier alpha value is -2.62. The van der Waals surface area contributed by atoms with Crippen LogP contribution >= 0.6 is 0 Å². The number of hydrogen-bond acceptors (Lipinski definition) is 5. The summed E-state index contributed by atoms with van der Waals surface area (Å²) in [7, 11) is 0. The molecule has 1 aliphatic rings. The van der Waals surface area contributed by atoms with Gasteiger partial charge < -0.3 is 10.2 Å². The SMILES string of the molecule is CC(=O)NC[C@@H]1CCN(c2ccc([N+](=O)[O-])cc2C#N)C1. The van der Waals surface area contributed by atoms with Crippen LogP contribution in [0, 0.1) is 27.4 Å². The van der Waals surface area contributed by atoms with Gasteiger partial charge in [-0.3, -0.25) is 14.9 Å². The molecule has 1 aromatic carbocycles. The van der Waals surface area contributed by atoms with Crippen molar-refractivity contribution >= 4 is 17.3 Å². The highest BCUT2D eigenvalue weighted by molar-refractivity contribution is 5.72. The smallest absolute Gasteiger partial charge is 0.270 e. The Labute approximate surface area is 122 Å². The first kappa shape index (κ1) is 14.8. The molecule has 1 amide bonds. The molecule has 0 aromatic heterocycles.